The summed E-state index contributed by atoms with van der Waals surface area (Å²) in [6.45, 7) is 0. The molecule has 0 radical (unpaired) electrons. The second kappa shape index (κ2) is 8.30. The van der Waals surface area contributed by atoms with Crippen molar-refractivity contribution in [3.63, 3.8) is 0 Å². The van der Waals surface area contributed by atoms with Gasteiger partial charge in [-0.25, -0.2) is 5.01 Å². The molecule has 3 aromatic rings. The molecule has 0 aliphatic carbocycles. The van der Waals surface area contributed by atoms with Gasteiger partial charge in [0, 0.05) is 52.8 Å². The Labute approximate surface area is 177 Å². The molecule has 0 fully saturated rings. The lowest BCUT2D eigenvalue weighted by atomic mass is 9.98. The second-order valence-corrected chi connectivity index (χ2v) is 7.73. The number of aromatic hydroxyl groups is 1. The molecule has 0 saturated carbocycles. The lowest BCUT2D eigenvalue weighted by Crippen LogP contribution is -2.26. The van der Waals surface area contributed by atoms with Crippen molar-refractivity contribution in [2.75, 3.05) is 0 Å². The van der Waals surface area contributed by atoms with Crippen molar-refractivity contribution in [2.24, 2.45) is 10.8 Å². The Kier molecular flexibility index (Phi) is 5.40. The fourth-order valence-electron chi connectivity index (χ4n) is 3.34. The molecule has 1 amide bonds. The first-order valence-electron chi connectivity index (χ1n) is 9.24. The monoisotopic (exact) mass is 417 g/mol. The number of hydrogen-bond donors (Lipinski definition) is 3. The van der Waals surface area contributed by atoms with Crippen LogP contribution >= 0.6 is 11.3 Å². The highest BCUT2D eigenvalue weighted by Crippen LogP contribution is 2.38. The summed E-state index contributed by atoms with van der Waals surface area (Å²) < 4.78 is 0. The van der Waals surface area contributed by atoms with Crippen LogP contribution in [0, 0.1) is 5.41 Å². The zero-order valence-electron chi connectivity index (χ0n) is 15.9. The molecular formula is C22H19N5O2S. The van der Waals surface area contributed by atoms with Gasteiger partial charge in [0.15, 0.2) is 0 Å². The maximum Gasteiger partial charge on any atom is 0.284 e. The van der Waals surface area contributed by atoms with Crippen molar-refractivity contribution in [2.45, 2.75) is 12.5 Å². The van der Waals surface area contributed by atoms with E-state index in [4.69, 9.17) is 11.1 Å². The molecule has 7 nitrogen and oxygen atoms in total. The highest BCUT2D eigenvalue weighted by atomic mass is 32.1. The Balaban J connectivity index is 1.73. The van der Waals surface area contributed by atoms with Gasteiger partial charge in [-0.3, -0.25) is 9.78 Å². The molecule has 2 aromatic heterocycles. The minimum absolute atomic E-state index is 0.118. The molecule has 8 heteroatoms. The smallest absolute Gasteiger partial charge is 0.284 e. The van der Waals surface area contributed by atoms with E-state index < -0.39 is 6.04 Å². The molecule has 3 heterocycles. The van der Waals surface area contributed by atoms with Crippen LogP contribution in [-0.2, 0) is 0 Å². The van der Waals surface area contributed by atoms with Gasteiger partial charge in [-0.15, -0.1) is 11.3 Å². The van der Waals surface area contributed by atoms with E-state index in [1.54, 1.807) is 42.7 Å². The average Bonchev–Trinajstić information content (AvgIpc) is 3.43. The van der Waals surface area contributed by atoms with Crippen molar-refractivity contribution in [1.82, 2.24) is 9.99 Å². The van der Waals surface area contributed by atoms with Crippen LogP contribution in [0.5, 0.6) is 5.75 Å². The number of nitrogens with zero attached hydrogens (tertiary/aromatic N) is 3. The molecule has 1 aliphatic rings. The van der Waals surface area contributed by atoms with Gasteiger partial charge in [-0.1, -0.05) is 24.3 Å². The number of rotatable bonds is 5. The van der Waals surface area contributed by atoms with Gasteiger partial charge in [-0.2, -0.15) is 5.10 Å². The summed E-state index contributed by atoms with van der Waals surface area (Å²) in [6, 6.07) is 13.7. The third-order valence-corrected chi connectivity index (χ3v) is 5.97. The summed E-state index contributed by atoms with van der Waals surface area (Å²) in [4.78, 5) is 18.7. The van der Waals surface area contributed by atoms with Crippen LogP contribution in [0.25, 0.3) is 5.57 Å². The highest BCUT2D eigenvalue weighted by Gasteiger charge is 2.35. The van der Waals surface area contributed by atoms with E-state index >= 15 is 0 Å². The summed E-state index contributed by atoms with van der Waals surface area (Å²) in [5.74, 6) is -0.160. The molecule has 150 valence electrons. The van der Waals surface area contributed by atoms with E-state index in [0.717, 1.165) is 22.4 Å². The first-order chi connectivity index (χ1) is 14.6. The number of benzene rings is 1. The van der Waals surface area contributed by atoms with Gasteiger partial charge in [-0.05, 0) is 24.3 Å². The van der Waals surface area contributed by atoms with E-state index in [0.29, 0.717) is 22.4 Å². The number of aromatic nitrogens is 1. The second-order valence-electron chi connectivity index (χ2n) is 6.65. The van der Waals surface area contributed by atoms with Crippen LogP contribution < -0.4 is 5.73 Å². The first-order valence-corrected chi connectivity index (χ1v) is 10.1. The number of carbonyl (C=O) groups excluding carboxylic acids is 1. The van der Waals surface area contributed by atoms with Crippen molar-refractivity contribution in [3.8, 4) is 5.75 Å². The van der Waals surface area contributed by atoms with Gasteiger partial charge < -0.3 is 16.2 Å². The van der Waals surface area contributed by atoms with Crippen LogP contribution in [0.2, 0.25) is 0 Å². The number of amides is 1. The van der Waals surface area contributed by atoms with Gasteiger partial charge in [0.25, 0.3) is 5.91 Å². The molecule has 1 unspecified atom stereocenters. The number of thiophene rings is 1. The van der Waals surface area contributed by atoms with Crippen molar-refractivity contribution in [1.29, 1.82) is 5.41 Å². The summed E-state index contributed by atoms with van der Waals surface area (Å²) in [5, 5.41) is 23.9. The Morgan fingerprint density at radius 2 is 2.00 bits per heavy atom. The number of carbonyl (C=O) groups is 1. The minimum Gasteiger partial charge on any atom is -0.508 e. The quantitative estimate of drug-likeness (QED) is 0.548. The van der Waals surface area contributed by atoms with E-state index in [9.17, 15) is 9.90 Å². The fraction of sp³-hybridized carbons (Fsp3) is 0.0909. The molecule has 1 aromatic carbocycles. The third kappa shape index (κ3) is 3.60. The molecule has 0 saturated heterocycles. The zero-order valence-corrected chi connectivity index (χ0v) is 16.7. The summed E-state index contributed by atoms with van der Waals surface area (Å²) in [6.07, 6.45) is 6.34. The van der Waals surface area contributed by atoms with Crippen LogP contribution in [0.4, 0.5) is 0 Å². The van der Waals surface area contributed by atoms with Gasteiger partial charge in [0.05, 0.1) is 16.6 Å². The van der Waals surface area contributed by atoms with Gasteiger partial charge in [0.2, 0.25) is 0 Å². The number of pyridine rings is 1. The average molecular weight is 417 g/mol. The summed E-state index contributed by atoms with van der Waals surface area (Å²) in [7, 11) is 0. The fourth-order valence-corrected chi connectivity index (χ4v) is 4.27. The molecule has 30 heavy (non-hydrogen) atoms. The van der Waals surface area contributed by atoms with E-state index in [1.807, 2.05) is 18.2 Å². The normalized spacial score (nSPS) is 16.4. The topological polar surface area (TPSA) is 116 Å². The van der Waals surface area contributed by atoms with E-state index in [-0.39, 0.29) is 11.7 Å². The van der Waals surface area contributed by atoms with Crippen LogP contribution in [0.3, 0.4) is 0 Å². The molecule has 1 aliphatic heterocycles. The van der Waals surface area contributed by atoms with Crippen LogP contribution in [0.15, 0.2) is 72.2 Å². The number of para-hydroxylation sites is 1. The number of phenols is 1. The minimum atomic E-state index is -0.438. The first kappa shape index (κ1) is 19.5. The summed E-state index contributed by atoms with van der Waals surface area (Å²) >= 11 is 1.25. The number of nitrogens with one attached hydrogen (secondary N) is 1. The lowest BCUT2D eigenvalue weighted by Gasteiger charge is -2.22. The third-order valence-electron chi connectivity index (χ3n) is 4.85. The molecule has 1 atom stereocenters. The van der Waals surface area contributed by atoms with E-state index in [2.05, 4.69) is 10.1 Å². The van der Waals surface area contributed by atoms with Crippen molar-refractivity contribution in [3.05, 3.63) is 88.0 Å². The van der Waals surface area contributed by atoms with Gasteiger partial charge >= 0.3 is 0 Å². The molecule has 0 bridgehead atoms. The Morgan fingerprint density at radius 1 is 1.20 bits per heavy atom. The lowest BCUT2D eigenvalue weighted by molar-refractivity contribution is 0.0714. The Morgan fingerprint density at radius 3 is 2.70 bits per heavy atom. The van der Waals surface area contributed by atoms with Crippen LogP contribution in [0.1, 0.15) is 38.1 Å². The maximum atomic E-state index is 13.4. The number of allylic oxidation sites excluding steroid dienone is 1. The largest absolute Gasteiger partial charge is 0.508 e. The zero-order chi connectivity index (χ0) is 21.1. The number of hydrogen-bond acceptors (Lipinski definition) is 7. The highest BCUT2D eigenvalue weighted by molar-refractivity contribution is 7.15. The SMILES string of the molecule is N=C/C(=C\N)c1ccc(C(=O)N2N=C(c3cccnc3)CC2c2ccccc2O)s1. The van der Waals surface area contributed by atoms with Crippen molar-refractivity contribution >= 4 is 34.7 Å². The number of nitrogens with two attached hydrogens (primary N) is 1. The molecule has 4 rings (SSSR count). The maximum absolute atomic E-state index is 13.4. The number of hydrazone groups is 1. The molecule has 4 N–H and O–H groups in total. The van der Waals surface area contributed by atoms with E-state index in [1.165, 1.54) is 22.5 Å². The standard InChI is InChI=1S/C22H19N5O2S/c23-11-15(12-24)20-7-8-21(30-20)22(29)27-18(16-5-1-2-6-19(16)28)10-17(26-27)14-4-3-9-25-13-14/h1-9,11-13,18,23,28H,10,24H2/b15-12+,23-11?. The Hall–Kier alpha value is -3.78. The predicted octanol–water partition coefficient (Wildman–Crippen LogP) is 3.79. The predicted molar refractivity (Wildman–Crippen MR) is 118 cm³/mol. The molecular weight excluding hydrogens is 398 g/mol. The van der Waals surface area contributed by atoms with Crippen LogP contribution in [-0.4, -0.2) is 32.9 Å². The number of phenolic OH excluding ortho intramolecular Hbond substituents is 1. The van der Waals surface area contributed by atoms with Crippen molar-refractivity contribution < 1.29 is 9.90 Å². The molecule has 0 spiro atoms. The Bertz CT molecular complexity index is 1150. The van der Waals surface area contributed by atoms with Gasteiger partial charge in [0.1, 0.15) is 5.75 Å². The summed E-state index contributed by atoms with van der Waals surface area (Å²) in [5.41, 5.74) is 8.29.